The first-order valence-electron chi connectivity index (χ1n) is 15.4. The summed E-state index contributed by atoms with van der Waals surface area (Å²) in [5.41, 5.74) is 6.11. The zero-order valence-corrected chi connectivity index (χ0v) is 23.9. The van der Waals surface area contributed by atoms with Crippen LogP contribution in [0.15, 0.2) is 0 Å². The number of nitrogens with two attached hydrogens (primary N) is 1. The van der Waals surface area contributed by atoms with Gasteiger partial charge in [-0.1, -0.05) is 34.1 Å². The monoisotopic (exact) mass is 521 g/mol. The fourth-order valence-corrected chi connectivity index (χ4v) is 10.1. The Kier molecular flexibility index (Phi) is 8.48. The van der Waals surface area contributed by atoms with Crippen LogP contribution < -0.4 is 5.73 Å². The van der Waals surface area contributed by atoms with Crippen LogP contribution in [-0.2, 0) is 4.79 Å². The van der Waals surface area contributed by atoms with E-state index >= 15 is 0 Å². The summed E-state index contributed by atoms with van der Waals surface area (Å²) in [4.78, 5) is 11.3. The standard InChI is InChI=1S/C24H41NO3.C7H14O2/c1-15(4-9-21(25)26)18-7-8-19-17-6-5-16-14-24(27,28)13-12-22(16,2)20(17)10-11-23(18,19)3;1-6-4-2-3-5-7(6,8)9/h15-20,27-28H,4-14H2,1-3H3,(H2,25,26);6,8-9H,2-5H2,1H3. The van der Waals surface area contributed by atoms with Crippen LogP contribution in [0.2, 0.25) is 0 Å². The number of hydrogen-bond acceptors (Lipinski definition) is 5. The lowest BCUT2D eigenvalue weighted by Crippen LogP contribution is -2.56. The molecule has 0 aliphatic heterocycles. The largest absolute Gasteiger partial charge is 0.370 e. The minimum absolute atomic E-state index is 0.0613. The lowest BCUT2D eigenvalue weighted by molar-refractivity contribution is -0.233. The predicted octanol–water partition coefficient (Wildman–Crippen LogP) is 5.11. The lowest BCUT2D eigenvalue weighted by Gasteiger charge is -2.61. The summed E-state index contributed by atoms with van der Waals surface area (Å²) in [5.74, 6) is 1.22. The molecule has 37 heavy (non-hydrogen) atoms. The van der Waals surface area contributed by atoms with Gasteiger partial charge in [0.1, 0.15) is 0 Å². The molecule has 0 spiro atoms. The molecule has 5 fully saturated rings. The average molecular weight is 522 g/mol. The summed E-state index contributed by atoms with van der Waals surface area (Å²) in [6, 6.07) is 0. The Morgan fingerprint density at radius 1 is 0.865 bits per heavy atom. The molecule has 1 amide bonds. The smallest absolute Gasteiger partial charge is 0.217 e. The van der Waals surface area contributed by atoms with Crippen molar-refractivity contribution in [3.63, 3.8) is 0 Å². The van der Waals surface area contributed by atoms with Crippen molar-refractivity contribution >= 4 is 5.91 Å². The summed E-state index contributed by atoms with van der Waals surface area (Å²) >= 11 is 0. The molecule has 0 aromatic heterocycles. The molecular formula is C31H55NO5. The van der Waals surface area contributed by atoms with Crippen LogP contribution in [-0.4, -0.2) is 37.9 Å². The van der Waals surface area contributed by atoms with Gasteiger partial charge in [-0.05, 0) is 111 Å². The van der Waals surface area contributed by atoms with E-state index in [4.69, 9.17) is 5.73 Å². The predicted molar refractivity (Wildman–Crippen MR) is 145 cm³/mol. The van der Waals surface area contributed by atoms with Gasteiger partial charge in [-0.25, -0.2) is 0 Å². The Labute approximate surface area is 224 Å². The van der Waals surface area contributed by atoms with Gasteiger partial charge in [0.2, 0.25) is 5.91 Å². The van der Waals surface area contributed by atoms with Crippen molar-refractivity contribution < 1.29 is 25.2 Å². The average Bonchev–Trinajstić information content (AvgIpc) is 3.17. The van der Waals surface area contributed by atoms with Crippen LogP contribution in [0, 0.1) is 52.3 Å². The van der Waals surface area contributed by atoms with Gasteiger partial charge in [0.15, 0.2) is 11.6 Å². The van der Waals surface area contributed by atoms with Gasteiger partial charge in [0, 0.05) is 31.6 Å². The molecule has 5 saturated carbocycles. The highest BCUT2D eigenvalue weighted by Gasteiger charge is 2.61. The van der Waals surface area contributed by atoms with E-state index < -0.39 is 11.6 Å². The zero-order valence-electron chi connectivity index (χ0n) is 23.9. The number of carbonyl (C=O) groups is 1. The molecule has 5 aliphatic rings. The van der Waals surface area contributed by atoms with Crippen molar-refractivity contribution in [3.05, 3.63) is 0 Å². The molecule has 0 aromatic rings. The number of aliphatic hydroxyl groups is 4. The molecule has 0 bridgehead atoms. The molecular weight excluding hydrogens is 466 g/mol. The summed E-state index contributed by atoms with van der Waals surface area (Å²) in [5, 5.41) is 38.8. The van der Waals surface area contributed by atoms with Gasteiger partial charge in [-0.2, -0.15) is 0 Å². The topological polar surface area (TPSA) is 124 Å². The Morgan fingerprint density at radius 3 is 2.19 bits per heavy atom. The van der Waals surface area contributed by atoms with Gasteiger partial charge < -0.3 is 26.2 Å². The maximum absolute atomic E-state index is 11.3. The van der Waals surface area contributed by atoms with Gasteiger partial charge >= 0.3 is 0 Å². The highest BCUT2D eigenvalue weighted by molar-refractivity contribution is 5.73. The fraction of sp³-hybridized carbons (Fsp3) is 0.968. The molecule has 9 atom stereocenters. The third kappa shape index (κ3) is 5.78. The Bertz CT molecular complexity index is 813. The second kappa shape index (κ2) is 10.7. The van der Waals surface area contributed by atoms with E-state index in [1.54, 1.807) is 0 Å². The van der Waals surface area contributed by atoms with Crippen LogP contribution >= 0.6 is 0 Å². The van der Waals surface area contributed by atoms with E-state index in [2.05, 4.69) is 20.8 Å². The van der Waals surface area contributed by atoms with Gasteiger partial charge in [0.05, 0.1) is 0 Å². The molecule has 0 radical (unpaired) electrons. The summed E-state index contributed by atoms with van der Waals surface area (Å²) in [6.07, 6.45) is 14.8. The number of hydrogen-bond donors (Lipinski definition) is 5. The molecule has 0 saturated heterocycles. The van der Waals surface area contributed by atoms with Crippen molar-refractivity contribution in [2.24, 2.45) is 58.0 Å². The Morgan fingerprint density at radius 2 is 1.57 bits per heavy atom. The van der Waals surface area contributed by atoms with E-state index in [-0.39, 0.29) is 17.2 Å². The molecule has 9 unspecified atom stereocenters. The summed E-state index contributed by atoms with van der Waals surface area (Å²) < 4.78 is 0. The summed E-state index contributed by atoms with van der Waals surface area (Å²) in [7, 11) is 0. The van der Waals surface area contributed by atoms with E-state index in [0.29, 0.717) is 42.9 Å². The zero-order chi connectivity index (χ0) is 27.2. The van der Waals surface area contributed by atoms with Crippen LogP contribution in [0.3, 0.4) is 0 Å². The van der Waals surface area contributed by atoms with Gasteiger partial charge in [0.25, 0.3) is 0 Å². The SMILES string of the molecule is CC(CCC(N)=O)C1CCC2C3CCC4CC(O)(O)CCC4(C)C3CCC12C.CC1CCCCC1(O)O. The minimum atomic E-state index is -1.44. The van der Waals surface area contributed by atoms with Crippen molar-refractivity contribution in [1.82, 2.24) is 0 Å². The third-order valence-electron chi connectivity index (χ3n) is 12.5. The van der Waals surface area contributed by atoms with Crippen LogP contribution in [0.4, 0.5) is 0 Å². The Hall–Kier alpha value is -0.690. The maximum atomic E-state index is 11.3. The number of amides is 1. The quantitative estimate of drug-likeness (QED) is 0.329. The first-order valence-corrected chi connectivity index (χ1v) is 15.4. The first kappa shape index (κ1) is 29.3. The highest BCUT2D eigenvalue weighted by atomic mass is 16.5. The molecule has 0 aromatic carbocycles. The maximum Gasteiger partial charge on any atom is 0.217 e. The van der Waals surface area contributed by atoms with Crippen LogP contribution in [0.5, 0.6) is 0 Å². The Balaban J connectivity index is 0.000000301. The second-order valence-corrected chi connectivity index (χ2v) is 14.6. The van der Waals surface area contributed by atoms with Crippen molar-refractivity contribution in [3.8, 4) is 0 Å². The number of rotatable bonds is 4. The molecule has 6 nitrogen and oxygen atoms in total. The fourth-order valence-electron chi connectivity index (χ4n) is 10.1. The third-order valence-corrected chi connectivity index (χ3v) is 12.5. The van der Waals surface area contributed by atoms with Crippen LogP contribution in [0.1, 0.15) is 124 Å². The van der Waals surface area contributed by atoms with Gasteiger partial charge in [-0.3, -0.25) is 4.79 Å². The highest BCUT2D eigenvalue weighted by Crippen LogP contribution is 2.68. The van der Waals surface area contributed by atoms with Crippen molar-refractivity contribution in [1.29, 1.82) is 0 Å². The lowest BCUT2D eigenvalue weighted by atomic mass is 9.44. The van der Waals surface area contributed by atoms with E-state index in [9.17, 15) is 25.2 Å². The van der Waals surface area contributed by atoms with Crippen molar-refractivity contribution in [2.75, 3.05) is 0 Å². The number of primary amides is 1. The van der Waals surface area contributed by atoms with E-state index in [1.165, 1.54) is 32.1 Å². The first-order chi connectivity index (χ1) is 17.2. The molecule has 0 heterocycles. The molecule has 5 aliphatic carbocycles. The normalized spacial score (nSPS) is 44.9. The molecule has 5 rings (SSSR count). The summed E-state index contributed by atoms with van der Waals surface area (Å²) in [6.45, 7) is 9.25. The second-order valence-electron chi connectivity index (χ2n) is 14.6. The van der Waals surface area contributed by atoms with E-state index in [0.717, 1.165) is 62.2 Å². The molecule has 214 valence electrons. The number of carbonyl (C=O) groups excluding carboxylic acids is 1. The van der Waals surface area contributed by atoms with Gasteiger partial charge in [-0.15, -0.1) is 0 Å². The molecule has 6 heteroatoms. The van der Waals surface area contributed by atoms with E-state index in [1.807, 2.05) is 6.92 Å². The number of fused-ring (bicyclic) bond motifs is 5. The molecule has 6 N–H and O–H groups in total. The minimum Gasteiger partial charge on any atom is -0.370 e. The van der Waals surface area contributed by atoms with Crippen LogP contribution in [0.25, 0.3) is 0 Å². The van der Waals surface area contributed by atoms with Crippen molar-refractivity contribution in [2.45, 2.75) is 136 Å².